The van der Waals surface area contributed by atoms with Crippen LogP contribution in [0.4, 0.5) is 0 Å². The van der Waals surface area contributed by atoms with Crippen molar-refractivity contribution in [1.82, 2.24) is 5.32 Å². The normalized spacial score (nSPS) is 16.6. The molecule has 16 heavy (non-hydrogen) atoms. The summed E-state index contributed by atoms with van der Waals surface area (Å²) >= 11 is 0. The Hall–Kier alpha value is -1.51. The average Bonchev–Trinajstić information content (AvgIpc) is 2.77. The molecule has 0 spiro atoms. The number of ether oxygens (including phenoxy) is 1. The van der Waals surface area contributed by atoms with Crippen molar-refractivity contribution < 1.29 is 4.74 Å². The van der Waals surface area contributed by atoms with Gasteiger partial charge in [0.25, 0.3) is 0 Å². The molecule has 0 aliphatic carbocycles. The monoisotopic (exact) mass is 218 g/mol. The molecule has 1 aliphatic heterocycles. The first kappa shape index (κ1) is 11.0. The summed E-state index contributed by atoms with van der Waals surface area (Å²) in [5.41, 5.74) is 2.54. The third kappa shape index (κ3) is 2.35. The van der Waals surface area contributed by atoms with Crippen LogP contribution in [0.5, 0.6) is 5.75 Å². The van der Waals surface area contributed by atoms with Crippen LogP contribution in [0.1, 0.15) is 18.1 Å². The molecule has 1 N–H and O–H groups in total. The van der Waals surface area contributed by atoms with Crippen molar-refractivity contribution in [3.63, 3.8) is 0 Å². The van der Waals surface area contributed by atoms with Crippen molar-refractivity contribution in [2.24, 2.45) is 4.99 Å². The van der Waals surface area contributed by atoms with Gasteiger partial charge in [-0.05, 0) is 44.0 Å². The summed E-state index contributed by atoms with van der Waals surface area (Å²) < 4.78 is 5.84. The number of aryl methyl sites for hydroxylation is 2. The van der Waals surface area contributed by atoms with Crippen LogP contribution in [0.15, 0.2) is 23.2 Å². The zero-order valence-electron chi connectivity index (χ0n) is 10.1. The first-order chi connectivity index (χ1) is 7.66. The van der Waals surface area contributed by atoms with Gasteiger partial charge in [0.05, 0.1) is 6.54 Å². The molecule has 1 unspecified atom stereocenters. The van der Waals surface area contributed by atoms with E-state index in [9.17, 15) is 0 Å². The second-order valence-electron chi connectivity index (χ2n) is 4.20. The molecule has 0 saturated heterocycles. The molecule has 0 saturated carbocycles. The third-order valence-electron chi connectivity index (χ3n) is 2.88. The lowest BCUT2D eigenvalue weighted by Gasteiger charge is -2.15. The molecule has 3 nitrogen and oxygen atoms in total. The molecule has 0 fully saturated rings. The number of nitrogens with zero attached hydrogens (tertiary/aromatic N) is 1. The van der Waals surface area contributed by atoms with E-state index in [0.717, 1.165) is 24.7 Å². The molecule has 1 aliphatic rings. The van der Waals surface area contributed by atoms with Gasteiger partial charge in [-0.2, -0.15) is 0 Å². The minimum atomic E-state index is 0.00426. The van der Waals surface area contributed by atoms with Gasteiger partial charge < -0.3 is 10.1 Å². The van der Waals surface area contributed by atoms with Crippen LogP contribution in [0, 0.1) is 13.8 Å². The second kappa shape index (κ2) is 4.56. The molecule has 3 heteroatoms. The summed E-state index contributed by atoms with van der Waals surface area (Å²) in [4.78, 5) is 4.35. The first-order valence-corrected chi connectivity index (χ1v) is 5.69. The number of amidine groups is 1. The minimum Gasteiger partial charge on any atom is -0.483 e. The van der Waals surface area contributed by atoms with Crippen LogP contribution < -0.4 is 10.1 Å². The van der Waals surface area contributed by atoms with Crippen molar-refractivity contribution in [3.05, 3.63) is 29.3 Å². The van der Waals surface area contributed by atoms with Crippen LogP contribution in [0.2, 0.25) is 0 Å². The summed E-state index contributed by atoms with van der Waals surface area (Å²) in [7, 11) is 0. The van der Waals surface area contributed by atoms with Crippen molar-refractivity contribution in [3.8, 4) is 5.75 Å². The summed E-state index contributed by atoms with van der Waals surface area (Å²) in [6, 6.07) is 6.16. The predicted octanol–water partition coefficient (Wildman–Crippen LogP) is 2.07. The largest absolute Gasteiger partial charge is 0.483 e. The van der Waals surface area contributed by atoms with Crippen LogP contribution >= 0.6 is 0 Å². The molecule has 0 amide bonds. The highest BCUT2D eigenvalue weighted by Crippen LogP contribution is 2.18. The van der Waals surface area contributed by atoms with Crippen molar-refractivity contribution in [2.45, 2.75) is 26.9 Å². The highest BCUT2D eigenvalue weighted by atomic mass is 16.5. The van der Waals surface area contributed by atoms with Crippen LogP contribution in [-0.4, -0.2) is 25.0 Å². The lowest BCUT2D eigenvalue weighted by atomic mass is 10.1. The van der Waals surface area contributed by atoms with E-state index in [1.807, 2.05) is 13.0 Å². The molecule has 86 valence electrons. The fourth-order valence-corrected chi connectivity index (χ4v) is 1.74. The van der Waals surface area contributed by atoms with E-state index in [0.29, 0.717) is 0 Å². The van der Waals surface area contributed by atoms with Gasteiger partial charge in [0.15, 0.2) is 6.10 Å². The highest BCUT2D eigenvalue weighted by Gasteiger charge is 2.15. The maximum Gasteiger partial charge on any atom is 0.152 e. The number of rotatable bonds is 3. The number of benzene rings is 1. The van der Waals surface area contributed by atoms with Gasteiger partial charge in [0.2, 0.25) is 0 Å². The zero-order chi connectivity index (χ0) is 11.5. The molecule has 1 aromatic carbocycles. The minimum absolute atomic E-state index is 0.00426. The number of nitrogens with one attached hydrogen (secondary N) is 1. The van der Waals surface area contributed by atoms with E-state index in [1.54, 1.807) is 0 Å². The molecule has 1 aromatic rings. The zero-order valence-corrected chi connectivity index (χ0v) is 10.1. The molecule has 1 heterocycles. The predicted molar refractivity (Wildman–Crippen MR) is 66.3 cm³/mol. The molecule has 0 radical (unpaired) electrons. The molecular formula is C13H18N2O. The quantitative estimate of drug-likeness (QED) is 0.842. The maximum atomic E-state index is 5.84. The van der Waals surface area contributed by atoms with Crippen LogP contribution in [-0.2, 0) is 0 Å². The highest BCUT2D eigenvalue weighted by molar-refractivity contribution is 5.87. The summed E-state index contributed by atoms with van der Waals surface area (Å²) in [5, 5.41) is 3.23. The first-order valence-electron chi connectivity index (χ1n) is 5.69. The Morgan fingerprint density at radius 2 is 2.12 bits per heavy atom. The maximum absolute atomic E-state index is 5.84. The van der Waals surface area contributed by atoms with Gasteiger partial charge in [0.1, 0.15) is 11.6 Å². The van der Waals surface area contributed by atoms with E-state index < -0.39 is 0 Å². The van der Waals surface area contributed by atoms with E-state index in [1.165, 1.54) is 11.1 Å². The van der Waals surface area contributed by atoms with Gasteiger partial charge in [-0.25, -0.2) is 0 Å². The summed E-state index contributed by atoms with van der Waals surface area (Å²) in [5.74, 6) is 1.87. The Kier molecular flexibility index (Phi) is 3.13. The lowest BCUT2D eigenvalue weighted by molar-refractivity contribution is 0.283. The molecule has 0 aromatic heterocycles. The van der Waals surface area contributed by atoms with Crippen molar-refractivity contribution in [1.29, 1.82) is 0 Å². The molecular weight excluding hydrogens is 200 g/mol. The SMILES string of the molecule is Cc1ccc(OC(C)C2=NCCN2)cc1C. The summed E-state index contributed by atoms with van der Waals surface area (Å²) in [6.45, 7) is 8.00. The topological polar surface area (TPSA) is 33.6 Å². The van der Waals surface area contributed by atoms with E-state index in [2.05, 4.69) is 36.3 Å². The third-order valence-corrected chi connectivity index (χ3v) is 2.88. The Morgan fingerprint density at radius 3 is 2.75 bits per heavy atom. The molecule has 2 rings (SSSR count). The smallest absolute Gasteiger partial charge is 0.152 e. The van der Waals surface area contributed by atoms with Crippen molar-refractivity contribution >= 4 is 5.84 Å². The average molecular weight is 218 g/mol. The van der Waals surface area contributed by atoms with E-state index >= 15 is 0 Å². The van der Waals surface area contributed by atoms with Gasteiger partial charge >= 0.3 is 0 Å². The van der Waals surface area contributed by atoms with Gasteiger partial charge in [0, 0.05) is 6.54 Å². The number of aliphatic imine (C=N–C) groups is 1. The fraction of sp³-hybridized carbons (Fsp3) is 0.462. The van der Waals surface area contributed by atoms with Gasteiger partial charge in [-0.15, -0.1) is 0 Å². The van der Waals surface area contributed by atoms with Gasteiger partial charge in [-0.3, -0.25) is 4.99 Å². The molecule has 1 atom stereocenters. The number of hydrogen-bond acceptors (Lipinski definition) is 3. The second-order valence-corrected chi connectivity index (χ2v) is 4.20. The Bertz CT molecular complexity index is 412. The Labute approximate surface area is 96.5 Å². The lowest BCUT2D eigenvalue weighted by Crippen LogP contribution is -2.33. The fourth-order valence-electron chi connectivity index (χ4n) is 1.74. The summed E-state index contributed by atoms with van der Waals surface area (Å²) in [6.07, 6.45) is 0.00426. The van der Waals surface area contributed by atoms with Crippen LogP contribution in [0.3, 0.4) is 0 Å². The van der Waals surface area contributed by atoms with E-state index in [-0.39, 0.29) is 6.10 Å². The number of hydrogen-bond donors (Lipinski definition) is 1. The standard InChI is InChI=1S/C13H18N2O/c1-9-4-5-12(8-10(9)2)16-11(3)13-14-6-7-15-13/h4-5,8,11H,6-7H2,1-3H3,(H,14,15). The van der Waals surface area contributed by atoms with Gasteiger partial charge in [-0.1, -0.05) is 6.07 Å². The Balaban J connectivity index is 2.05. The molecule has 0 bridgehead atoms. The van der Waals surface area contributed by atoms with Crippen LogP contribution in [0.25, 0.3) is 0 Å². The van der Waals surface area contributed by atoms with Crippen molar-refractivity contribution in [2.75, 3.05) is 13.1 Å². The Morgan fingerprint density at radius 1 is 1.31 bits per heavy atom. The van der Waals surface area contributed by atoms with E-state index in [4.69, 9.17) is 4.74 Å².